The third-order valence-corrected chi connectivity index (χ3v) is 6.79. The highest BCUT2D eigenvalue weighted by molar-refractivity contribution is 6.31. The van der Waals surface area contributed by atoms with Crippen molar-refractivity contribution >= 4 is 46.2 Å². The standard InChI is InChI=1S/C28H22Cl2FN5O/c29-21-3-4-25-23(14-21)24-17-35(8-1-2-18-10-20(15-32)12-22(31)11-18)9-6-26(24)36(25)28(37)34-16-19-5-7-33-27(30)13-19/h1-5,7,10-14H,6,8-9,16-17H2,(H,34,37)/b2-1+. The van der Waals surface area contributed by atoms with Crippen LogP contribution in [0, 0.1) is 17.1 Å². The molecule has 0 fully saturated rings. The molecule has 0 aliphatic carbocycles. The van der Waals surface area contributed by atoms with Gasteiger partial charge in [-0.25, -0.2) is 14.2 Å². The quantitative estimate of drug-likeness (QED) is 0.310. The number of amides is 1. The Morgan fingerprint density at radius 2 is 2.05 bits per heavy atom. The third-order valence-electron chi connectivity index (χ3n) is 6.35. The maximum absolute atomic E-state index is 13.7. The number of halogens is 3. The van der Waals surface area contributed by atoms with Crippen molar-refractivity contribution in [3.63, 3.8) is 0 Å². The van der Waals surface area contributed by atoms with E-state index < -0.39 is 5.82 Å². The molecule has 9 heteroatoms. The van der Waals surface area contributed by atoms with Gasteiger partial charge < -0.3 is 5.32 Å². The van der Waals surface area contributed by atoms with E-state index in [2.05, 4.69) is 15.2 Å². The molecule has 0 saturated carbocycles. The SMILES string of the molecule is N#Cc1cc(F)cc(/C=C/CN2CCc3c(c4cc(Cl)ccc4n3C(=O)NCc3ccnc(Cl)c3)C2)c1. The lowest BCUT2D eigenvalue weighted by atomic mass is 10.0. The number of aromatic nitrogens is 2. The number of hydrogen-bond donors (Lipinski definition) is 1. The van der Waals surface area contributed by atoms with E-state index in [1.807, 2.05) is 36.4 Å². The number of carbonyl (C=O) groups excluding carboxylic acids is 1. The Bertz CT molecular complexity index is 1570. The first-order valence-electron chi connectivity index (χ1n) is 11.7. The second-order valence-electron chi connectivity index (χ2n) is 8.84. The molecule has 3 heterocycles. The number of nitrogens with zero attached hydrogens (tertiary/aromatic N) is 4. The largest absolute Gasteiger partial charge is 0.333 e. The zero-order valence-electron chi connectivity index (χ0n) is 19.7. The number of rotatable bonds is 5. The molecule has 37 heavy (non-hydrogen) atoms. The van der Waals surface area contributed by atoms with Gasteiger partial charge >= 0.3 is 6.03 Å². The van der Waals surface area contributed by atoms with Gasteiger partial charge in [-0.1, -0.05) is 35.4 Å². The van der Waals surface area contributed by atoms with Crippen LogP contribution in [0.2, 0.25) is 10.2 Å². The van der Waals surface area contributed by atoms with Crippen molar-refractivity contribution in [1.29, 1.82) is 5.26 Å². The second kappa shape index (κ2) is 10.7. The summed E-state index contributed by atoms with van der Waals surface area (Å²) >= 11 is 12.3. The molecule has 0 unspecified atom stereocenters. The number of fused-ring (bicyclic) bond motifs is 3. The van der Waals surface area contributed by atoms with Gasteiger partial charge in [0.15, 0.2) is 0 Å². The van der Waals surface area contributed by atoms with Crippen LogP contribution >= 0.6 is 23.2 Å². The molecule has 186 valence electrons. The normalized spacial score (nSPS) is 13.6. The fourth-order valence-corrected chi connectivity index (χ4v) is 5.06. The predicted molar refractivity (Wildman–Crippen MR) is 143 cm³/mol. The van der Waals surface area contributed by atoms with Crippen LogP contribution in [0.15, 0.2) is 60.8 Å². The number of nitrogens with one attached hydrogen (secondary N) is 1. The minimum Gasteiger partial charge on any atom is -0.333 e. The molecule has 5 rings (SSSR count). The smallest absolute Gasteiger partial charge is 0.326 e. The Morgan fingerprint density at radius 1 is 1.19 bits per heavy atom. The van der Waals surface area contributed by atoms with E-state index in [4.69, 9.17) is 28.5 Å². The maximum Gasteiger partial charge on any atom is 0.326 e. The van der Waals surface area contributed by atoms with Gasteiger partial charge in [-0.2, -0.15) is 5.26 Å². The van der Waals surface area contributed by atoms with Gasteiger partial charge in [0, 0.05) is 54.9 Å². The van der Waals surface area contributed by atoms with Crippen LogP contribution in [-0.4, -0.2) is 33.6 Å². The van der Waals surface area contributed by atoms with E-state index in [-0.39, 0.29) is 11.6 Å². The summed E-state index contributed by atoms with van der Waals surface area (Å²) < 4.78 is 15.5. The minimum absolute atomic E-state index is 0.214. The molecule has 2 aromatic heterocycles. The van der Waals surface area contributed by atoms with Crippen LogP contribution < -0.4 is 5.32 Å². The van der Waals surface area contributed by atoms with Crippen molar-refractivity contribution in [2.45, 2.75) is 19.5 Å². The van der Waals surface area contributed by atoms with Gasteiger partial charge in [-0.05, 0) is 65.2 Å². The lowest BCUT2D eigenvalue weighted by molar-refractivity contribution is 0.240. The molecule has 2 aromatic carbocycles. The monoisotopic (exact) mass is 533 g/mol. The zero-order chi connectivity index (χ0) is 25.9. The lowest BCUT2D eigenvalue weighted by Crippen LogP contribution is -2.34. The van der Waals surface area contributed by atoms with Crippen molar-refractivity contribution < 1.29 is 9.18 Å². The van der Waals surface area contributed by atoms with Crippen molar-refractivity contribution in [2.75, 3.05) is 13.1 Å². The number of benzene rings is 2. The van der Waals surface area contributed by atoms with E-state index in [1.54, 1.807) is 29.0 Å². The highest BCUT2D eigenvalue weighted by Crippen LogP contribution is 2.32. The number of pyridine rings is 1. The van der Waals surface area contributed by atoms with Gasteiger partial charge in [-0.3, -0.25) is 9.47 Å². The van der Waals surface area contributed by atoms with Crippen LogP contribution in [0.5, 0.6) is 0 Å². The summed E-state index contributed by atoms with van der Waals surface area (Å²) in [4.78, 5) is 19.5. The summed E-state index contributed by atoms with van der Waals surface area (Å²) in [5, 5.41) is 14.0. The van der Waals surface area contributed by atoms with Gasteiger partial charge in [0.25, 0.3) is 0 Å². The molecule has 1 N–H and O–H groups in total. The molecule has 4 aromatic rings. The fourth-order valence-electron chi connectivity index (χ4n) is 4.69. The van der Waals surface area contributed by atoms with E-state index in [0.29, 0.717) is 41.8 Å². The molecule has 1 aliphatic rings. The lowest BCUT2D eigenvalue weighted by Gasteiger charge is -2.27. The first-order chi connectivity index (χ1) is 17.9. The maximum atomic E-state index is 13.7. The fraction of sp³-hybridized carbons (Fsp3) is 0.179. The molecule has 0 bridgehead atoms. The predicted octanol–water partition coefficient (Wildman–Crippen LogP) is 6.18. The van der Waals surface area contributed by atoms with Crippen molar-refractivity contribution in [3.05, 3.63) is 105 Å². The number of carbonyl (C=O) groups is 1. The van der Waals surface area contributed by atoms with Crippen molar-refractivity contribution in [1.82, 2.24) is 19.8 Å². The third kappa shape index (κ3) is 5.52. The highest BCUT2D eigenvalue weighted by atomic mass is 35.5. The summed E-state index contributed by atoms with van der Waals surface area (Å²) in [6.45, 7) is 2.36. The Kier molecular flexibility index (Phi) is 7.24. The topological polar surface area (TPSA) is 74.0 Å². The van der Waals surface area contributed by atoms with Crippen molar-refractivity contribution in [3.8, 4) is 6.07 Å². The molecule has 1 amide bonds. The van der Waals surface area contributed by atoms with Crippen LogP contribution in [0.3, 0.4) is 0 Å². The highest BCUT2D eigenvalue weighted by Gasteiger charge is 2.26. The molecule has 0 spiro atoms. The van der Waals surface area contributed by atoms with Gasteiger partial charge in [0.1, 0.15) is 11.0 Å². The molecule has 1 aliphatic heterocycles. The van der Waals surface area contributed by atoms with E-state index in [1.165, 1.54) is 12.1 Å². The van der Waals surface area contributed by atoms with E-state index >= 15 is 0 Å². The van der Waals surface area contributed by atoms with Gasteiger partial charge in [0.2, 0.25) is 0 Å². The summed E-state index contributed by atoms with van der Waals surface area (Å²) in [5.74, 6) is -0.434. The summed E-state index contributed by atoms with van der Waals surface area (Å²) in [6, 6.07) is 15.1. The number of hydrogen-bond acceptors (Lipinski definition) is 4. The van der Waals surface area contributed by atoms with Crippen LogP contribution in [0.4, 0.5) is 9.18 Å². The Hall–Kier alpha value is -3.70. The molecule has 0 radical (unpaired) electrons. The molecular weight excluding hydrogens is 512 g/mol. The number of nitriles is 1. The van der Waals surface area contributed by atoms with Gasteiger partial charge in [-0.15, -0.1) is 0 Å². The van der Waals surface area contributed by atoms with E-state index in [9.17, 15) is 9.18 Å². The second-order valence-corrected chi connectivity index (χ2v) is 9.66. The Balaban J connectivity index is 1.37. The zero-order valence-corrected chi connectivity index (χ0v) is 21.2. The van der Waals surface area contributed by atoms with E-state index in [0.717, 1.165) is 34.3 Å². The average molecular weight is 534 g/mol. The Morgan fingerprint density at radius 3 is 2.86 bits per heavy atom. The van der Waals surface area contributed by atoms with Crippen LogP contribution in [-0.2, 0) is 19.5 Å². The van der Waals surface area contributed by atoms with Crippen molar-refractivity contribution in [2.24, 2.45) is 0 Å². The first-order valence-corrected chi connectivity index (χ1v) is 12.5. The summed E-state index contributed by atoms with van der Waals surface area (Å²) in [6.07, 6.45) is 6.07. The molecular formula is C28H22Cl2FN5O. The first kappa shape index (κ1) is 25.0. The molecule has 0 atom stereocenters. The van der Waals surface area contributed by atoms with Crippen LogP contribution in [0.25, 0.3) is 17.0 Å². The molecule has 0 saturated heterocycles. The summed E-state index contributed by atoms with van der Waals surface area (Å²) in [5.41, 5.74) is 4.63. The molecule has 6 nitrogen and oxygen atoms in total. The Labute approximate surface area is 223 Å². The summed E-state index contributed by atoms with van der Waals surface area (Å²) in [7, 11) is 0. The van der Waals surface area contributed by atoms with Gasteiger partial charge in [0.05, 0.1) is 17.1 Å². The minimum atomic E-state index is -0.434. The average Bonchev–Trinajstić information content (AvgIpc) is 3.20. The van der Waals surface area contributed by atoms with Crippen LogP contribution in [0.1, 0.15) is 27.9 Å².